The number of hydrogen-bond acceptors (Lipinski definition) is 6. The fourth-order valence-corrected chi connectivity index (χ4v) is 4.84. The number of anilines is 1. The summed E-state index contributed by atoms with van der Waals surface area (Å²) < 4.78 is 5.18. The molecule has 0 saturated carbocycles. The molecule has 1 aromatic heterocycles. The first kappa shape index (κ1) is 20.3. The number of rotatable bonds is 5. The van der Waals surface area contributed by atoms with Gasteiger partial charge in [-0.2, -0.15) is 0 Å². The summed E-state index contributed by atoms with van der Waals surface area (Å²) in [4.78, 5) is 37.0. The van der Waals surface area contributed by atoms with E-state index in [4.69, 9.17) is 16.3 Å². The summed E-state index contributed by atoms with van der Waals surface area (Å²) >= 11 is 7.24. The summed E-state index contributed by atoms with van der Waals surface area (Å²) in [5, 5.41) is 14.5. The number of carbonyl (C=O) groups excluding carboxylic acids is 2. The largest absolute Gasteiger partial charge is 0.462 e. The van der Waals surface area contributed by atoms with Crippen LogP contribution < -0.4 is 5.32 Å². The van der Waals surface area contributed by atoms with Crippen molar-refractivity contribution >= 4 is 45.5 Å². The molecule has 7 nitrogen and oxygen atoms in total. The van der Waals surface area contributed by atoms with Gasteiger partial charge in [0.1, 0.15) is 10.6 Å². The van der Waals surface area contributed by atoms with Crippen molar-refractivity contribution < 1.29 is 19.2 Å². The molecule has 1 heterocycles. The van der Waals surface area contributed by atoms with Gasteiger partial charge in [0.05, 0.1) is 17.1 Å². The molecule has 9 heteroatoms. The van der Waals surface area contributed by atoms with Crippen LogP contribution >= 0.6 is 22.9 Å². The van der Waals surface area contributed by atoms with Gasteiger partial charge in [-0.05, 0) is 49.8 Å². The molecule has 0 spiro atoms. The van der Waals surface area contributed by atoms with Gasteiger partial charge in [-0.25, -0.2) is 4.79 Å². The highest BCUT2D eigenvalue weighted by Crippen LogP contribution is 2.40. The number of hydrogen-bond donors (Lipinski definition) is 1. The molecule has 0 saturated heterocycles. The van der Waals surface area contributed by atoms with Crippen molar-refractivity contribution in [1.82, 2.24) is 0 Å². The van der Waals surface area contributed by atoms with Crippen LogP contribution in [0, 0.1) is 16.0 Å². The highest BCUT2D eigenvalue weighted by atomic mass is 35.5. The van der Waals surface area contributed by atoms with Crippen molar-refractivity contribution in [3.8, 4) is 0 Å². The van der Waals surface area contributed by atoms with E-state index in [9.17, 15) is 19.7 Å². The van der Waals surface area contributed by atoms with Crippen molar-refractivity contribution in [2.45, 2.75) is 33.1 Å². The van der Waals surface area contributed by atoms with Gasteiger partial charge >= 0.3 is 5.97 Å². The maximum Gasteiger partial charge on any atom is 0.341 e. The van der Waals surface area contributed by atoms with Crippen LogP contribution in [0.3, 0.4) is 0 Å². The Morgan fingerprint density at radius 3 is 2.86 bits per heavy atom. The Balaban J connectivity index is 2.00. The molecule has 1 aromatic carbocycles. The zero-order valence-electron chi connectivity index (χ0n) is 15.4. The zero-order chi connectivity index (χ0) is 20.4. The third-order valence-corrected chi connectivity index (χ3v) is 6.02. The molecular formula is C19H19ClN2O5S. The molecule has 1 N–H and O–H groups in total. The van der Waals surface area contributed by atoms with E-state index < -0.39 is 16.8 Å². The van der Waals surface area contributed by atoms with Crippen LogP contribution in [-0.2, 0) is 17.6 Å². The minimum Gasteiger partial charge on any atom is -0.462 e. The molecule has 1 aliphatic carbocycles. The Morgan fingerprint density at radius 1 is 1.43 bits per heavy atom. The Hall–Kier alpha value is -2.45. The minimum atomic E-state index is -0.689. The number of carbonyl (C=O) groups is 2. The number of fused-ring (bicyclic) bond motifs is 1. The number of esters is 1. The lowest BCUT2D eigenvalue weighted by atomic mass is 9.88. The summed E-state index contributed by atoms with van der Waals surface area (Å²) in [7, 11) is 0. The van der Waals surface area contributed by atoms with Gasteiger partial charge in [-0.3, -0.25) is 14.9 Å². The lowest BCUT2D eigenvalue weighted by Crippen LogP contribution is -2.17. The number of thiophene rings is 1. The van der Waals surface area contributed by atoms with Crippen molar-refractivity contribution in [2.24, 2.45) is 5.92 Å². The summed E-state index contributed by atoms with van der Waals surface area (Å²) in [5.41, 5.74) is 0.741. The second kappa shape index (κ2) is 8.28. The molecule has 1 aliphatic rings. The molecule has 0 radical (unpaired) electrons. The van der Waals surface area contributed by atoms with Gasteiger partial charge < -0.3 is 10.1 Å². The molecule has 0 aliphatic heterocycles. The van der Waals surface area contributed by atoms with Crippen LogP contribution in [0.4, 0.5) is 10.7 Å². The number of amides is 1. The van der Waals surface area contributed by atoms with Crippen LogP contribution in [-0.4, -0.2) is 23.4 Å². The highest BCUT2D eigenvalue weighted by molar-refractivity contribution is 7.17. The van der Waals surface area contributed by atoms with E-state index in [0.717, 1.165) is 29.7 Å². The van der Waals surface area contributed by atoms with Crippen molar-refractivity contribution in [3.63, 3.8) is 0 Å². The molecule has 148 valence electrons. The standard InChI is InChI=1S/C19H19ClN2O5S/c1-3-27-19(24)16-12-6-4-10(2)8-15(12)28-18(16)21-17(23)13-9-11(20)5-7-14(13)22(25)26/h5,7,9-10H,3-4,6,8H2,1-2H3,(H,21,23). The van der Waals surface area contributed by atoms with Crippen LogP contribution in [0.15, 0.2) is 18.2 Å². The first-order valence-electron chi connectivity index (χ1n) is 8.88. The second-order valence-corrected chi connectivity index (χ2v) is 8.19. The maximum absolute atomic E-state index is 12.8. The van der Waals surface area contributed by atoms with E-state index in [1.165, 1.54) is 29.5 Å². The molecular weight excluding hydrogens is 404 g/mol. The molecule has 3 rings (SSSR count). The van der Waals surface area contributed by atoms with Crippen molar-refractivity contribution in [1.29, 1.82) is 0 Å². The van der Waals surface area contributed by atoms with Crippen molar-refractivity contribution in [2.75, 3.05) is 11.9 Å². The van der Waals surface area contributed by atoms with Crippen LogP contribution in [0.25, 0.3) is 0 Å². The number of ether oxygens (including phenoxy) is 1. The predicted octanol–water partition coefficient (Wildman–Crippen LogP) is 4.86. The van der Waals surface area contributed by atoms with E-state index in [-0.39, 0.29) is 22.9 Å². The van der Waals surface area contributed by atoms with Gasteiger partial charge in [0.2, 0.25) is 0 Å². The highest BCUT2D eigenvalue weighted by Gasteiger charge is 2.30. The SMILES string of the molecule is CCOC(=O)c1c(NC(=O)c2cc(Cl)ccc2[N+](=O)[O-])sc2c1CCC(C)C2. The summed E-state index contributed by atoms with van der Waals surface area (Å²) in [6.45, 7) is 4.07. The van der Waals surface area contributed by atoms with Gasteiger partial charge in [-0.1, -0.05) is 18.5 Å². The molecule has 2 aromatic rings. The maximum atomic E-state index is 12.8. The number of nitro groups is 1. The number of nitrogens with zero attached hydrogens (tertiary/aromatic N) is 1. The fourth-order valence-electron chi connectivity index (χ4n) is 3.28. The fraction of sp³-hybridized carbons (Fsp3) is 0.368. The van der Waals surface area contributed by atoms with E-state index in [0.29, 0.717) is 16.5 Å². The van der Waals surface area contributed by atoms with Gasteiger partial charge in [0.15, 0.2) is 0 Å². The van der Waals surface area contributed by atoms with E-state index in [1.54, 1.807) is 6.92 Å². The van der Waals surface area contributed by atoms with E-state index in [1.807, 2.05) is 0 Å². The quantitative estimate of drug-likeness (QED) is 0.421. The third kappa shape index (κ3) is 4.02. The molecule has 0 fully saturated rings. The number of nitrogens with one attached hydrogen (secondary N) is 1. The van der Waals surface area contributed by atoms with Gasteiger partial charge in [-0.15, -0.1) is 11.3 Å². The summed E-state index contributed by atoms with van der Waals surface area (Å²) in [5.74, 6) is -0.699. The Morgan fingerprint density at radius 2 is 2.18 bits per heavy atom. The van der Waals surface area contributed by atoms with Gasteiger partial charge in [0, 0.05) is 16.0 Å². The lowest BCUT2D eigenvalue weighted by Gasteiger charge is -2.18. The Bertz CT molecular complexity index is 956. The second-order valence-electron chi connectivity index (χ2n) is 6.65. The predicted molar refractivity (Wildman–Crippen MR) is 108 cm³/mol. The first-order valence-corrected chi connectivity index (χ1v) is 10.1. The first-order chi connectivity index (χ1) is 13.3. The molecule has 1 atom stereocenters. The molecule has 1 unspecified atom stereocenters. The summed E-state index contributed by atoms with van der Waals surface area (Å²) in [6, 6.07) is 3.78. The molecule has 0 bridgehead atoms. The normalized spacial score (nSPS) is 15.6. The Kier molecular flexibility index (Phi) is 6.00. The van der Waals surface area contributed by atoms with Crippen LogP contribution in [0.2, 0.25) is 5.02 Å². The zero-order valence-corrected chi connectivity index (χ0v) is 17.0. The summed E-state index contributed by atoms with van der Waals surface area (Å²) in [6.07, 6.45) is 2.50. The average molecular weight is 423 g/mol. The third-order valence-electron chi connectivity index (χ3n) is 4.62. The van der Waals surface area contributed by atoms with E-state index >= 15 is 0 Å². The molecule has 28 heavy (non-hydrogen) atoms. The van der Waals surface area contributed by atoms with Crippen LogP contribution in [0.5, 0.6) is 0 Å². The smallest absolute Gasteiger partial charge is 0.341 e. The number of halogens is 1. The molecule has 1 amide bonds. The lowest BCUT2D eigenvalue weighted by molar-refractivity contribution is -0.385. The Labute approximate surface area is 170 Å². The number of nitro benzene ring substituents is 1. The van der Waals surface area contributed by atoms with Gasteiger partial charge in [0.25, 0.3) is 11.6 Å². The monoisotopic (exact) mass is 422 g/mol. The topological polar surface area (TPSA) is 98.5 Å². The average Bonchev–Trinajstić information content (AvgIpc) is 2.98. The number of benzene rings is 1. The van der Waals surface area contributed by atoms with E-state index in [2.05, 4.69) is 12.2 Å². The van der Waals surface area contributed by atoms with Crippen LogP contribution in [0.1, 0.15) is 51.4 Å². The minimum absolute atomic E-state index is 0.160. The van der Waals surface area contributed by atoms with Crippen molar-refractivity contribution in [3.05, 3.63) is 54.9 Å².